The van der Waals surface area contributed by atoms with Crippen molar-refractivity contribution in [2.24, 2.45) is 0 Å². The number of aromatic nitrogens is 6. The Morgan fingerprint density at radius 2 is 2.21 bits per heavy atom. The Morgan fingerprint density at radius 1 is 1.29 bits per heavy atom. The van der Waals surface area contributed by atoms with Gasteiger partial charge in [-0.3, -0.25) is 5.10 Å². The molecule has 0 spiro atoms. The van der Waals surface area contributed by atoms with E-state index in [0.717, 1.165) is 22.2 Å². The lowest BCUT2D eigenvalue weighted by atomic mass is 10.2. The number of H-pyrrole nitrogens is 1. The molecule has 0 atom stereocenters. The normalized spacial score (nSPS) is 14.3. The van der Waals surface area contributed by atoms with E-state index in [9.17, 15) is 0 Å². The average molecular weight is 378 g/mol. The summed E-state index contributed by atoms with van der Waals surface area (Å²) in [5, 5.41) is 21.7. The van der Waals surface area contributed by atoms with E-state index in [1.54, 1.807) is 23.1 Å². The molecule has 28 heavy (non-hydrogen) atoms. The molecule has 1 aliphatic rings. The predicted molar refractivity (Wildman–Crippen MR) is 100 cm³/mol. The molecule has 0 saturated carbocycles. The largest absolute Gasteiger partial charge is 0.486 e. The van der Waals surface area contributed by atoms with Gasteiger partial charge in [-0.15, -0.1) is 0 Å². The SMILES string of the molecule is OCCc1cnn(-c2ccnc(-c3n[nH]c4ccc(OC5COC5)cc34)n2)c1. The molecule has 142 valence electrons. The summed E-state index contributed by atoms with van der Waals surface area (Å²) in [6.07, 6.45) is 5.89. The molecule has 3 aromatic heterocycles. The van der Waals surface area contributed by atoms with E-state index in [0.29, 0.717) is 37.0 Å². The summed E-state index contributed by atoms with van der Waals surface area (Å²) in [5.74, 6) is 1.89. The van der Waals surface area contributed by atoms with E-state index in [4.69, 9.17) is 14.6 Å². The molecule has 1 saturated heterocycles. The minimum Gasteiger partial charge on any atom is -0.486 e. The maximum Gasteiger partial charge on any atom is 0.182 e. The molecule has 1 aromatic carbocycles. The van der Waals surface area contributed by atoms with Crippen molar-refractivity contribution in [3.8, 4) is 23.1 Å². The Labute approximate surface area is 160 Å². The van der Waals surface area contributed by atoms with Crippen molar-refractivity contribution in [3.63, 3.8) is 0 Å². The number of aliphatic hydroxyl groups is 1. The Bertz CT molecular complexity index is 1120. The number of nitrogens with zero attached hydrogens (tertiary/aromatic N) is 5. The molecule has 5 rings (SSSR count). The first-order valence-electron chi connectivity index (χ1n) is 9.01. The number of hydrogen-bond donors (Lipinski definition) is 2. The monoisotopic (exact) mass is 378 g/mol. The predicted octanol–water partition coefficient (Wildman–Crippen LogP) is 1.52. The second-order valence-corrected chi connectivity index (χ2v) is 6.56. The molecule has 9 nitrogen and oxygen atoms in total. The molecular formula is C19H18N6O3. The van der Waals surface area contributed by atoms with Crippen LogP contribution in [0.4, 0.5) is 0 Å². The fourth-order valence-corrected chi connectivity index (χ4v) is 3.05. The first-order chi connectivity index (χ1) is 13.8. The lowest BCUT2D eigenvalue weighted by Gasteiger charge is -2.26. The third kappa shape index (κ3) is 3.10. The van der Waals surface area contributed by atoms with Crippen molar-refractivity contribution in [3.05, 3.63) is 48.4 Å². The lowest BCUT2D eigenvalue weighted by Crippen LogP contribution is -2.38. The van der Waals surface area contributed by atoms with Crippen LogP contribution in [0.15, 0.2) is 42.9 Å². The number of fused-ring (bicyclic) bond motifs is 1. The number of ether oxygens (including phenoxy) is 2. The van der Waals surface area contributed by atoms with E-state index in [2.05, 4.69) is 25.3 Å². The van der Waals surface area contributed by atoms with Gasteiger partial charge in [-0.2, -0.15) is 10.2 Å². The van der Waals surface area contributed by atoms with Crippen molar-refractivity contribution < 1.29 is 14.6 Å². The van der Waals surface area contributed by atoms with Crippen molar-refractivity contribution in [2.75, 3.05) is 19.8 Å². The van der Waals surface area contributed by atoms with Gasteiger partial charge in [0.05, 0.1) is 24.9 Å². The van der Waals surface area contributed by atoms with Crippen LogP contribution >= 0.6 is 0 Å². The smallest absolute Gasteiger partial charge is 0.182 e. The standard InChI is InChI=1S/C19H18N6O3/c26-6-4-12-8-21-25(9-12)17-3-5-20-19(22-17)18-15-7-13(28-14-10-27-11-14)1-2-16(15)23-24-18/h1-3,5,7-9,14,26H,4,6,10-11H2,(H,23,24). The second-order valence-electron chi connectivity index (χ2n) is 6.56. The molecule has 0 aliphatic carbocycles. The van der Waals surface area contributed by atoms with Gasteiger partial charge >= 0.3 is 0 Å². The number of nitrogens with one attached hydrogen (secondary N) is 1. The maximum atomic E-state index is 9.07. The Morgan fingerprint density at radius 3 is 3.04 bits per heavy atom. The molecule has 1 fully saturated rings. The maximum absolute atomic E-state index is 9.07. The van der Waals surface area contributed by atoms with Crippen molar-refractivity contribution in [1.29, 1.82) is 0 Å². The van der Waals surface area contributed by atoms with Crippen LogP contribution in [-0.4, -0.2) is 61.0 Å². The number of rotatable bonds is 6. The highest BCUT2D eigenvalue weighted by Gasteiger charge is 2.21. The number of benzene rings is 1. The third-order valence-electron chi connectivity index (χ3n) is 4.57. The van der Waals surface area contributed by atoms with Crippen molar-refractivity contribution in [1.82, 2.24) is 29.9 Å². The number of aliphatic hydroxyl groups excluding tert-OH is 1. The first kappa shape index (κ1) is 16.8. The van der Waals surface area contributed by atoms with E-state index < -0.39 is 0 Å². The van der Waals surface area contributed by atoms with Crippen LogP contribution in [0.3, 0.4) is 0 Å². The fourth-order valence-electron chi connectivity index (χ4n) is 3.05. The molecular weight excluding hydrogens is 360 g/mol. The third-order valence-corrected chi connectivity index (χ3v) is 4.57. The topological polar surface area (TPSA) is 111 Å². The van der Waals surface area contributed by atoms with E-state index in [1.165, 1.54) is 0 Å². The fraction of sp³-hybridized carbons (Fsp3) is 0.263. The molecule has 1 aliphatic heterocycles. The zero-order valence-corrected chi connectivity index (χ0v) is 14.9. The zero-order valence-electron chi connectivity index (χ0n) is 14.9. The van der Waals surface area contributed by atoms with E-state index in [-0.39, 0.29) is 12.7 Å². The molecule has 4 heterocycles. The molecule has 2 N–H and O–H groups in total. The van der Waals surface area contributed by atoms with E-state index in [1.807, 2.05) is 24.4 Å². The van der Waals surface area contributed by atoms with E-state index >= 15 is 0 Å². The summed E-state index contributed by atoms with van der Waals surface area (Å²) in [6.45, 7) is 1.31. The summed E-state index contributed by atoms with van der Waals surface area (Å²) in [4.78, 5) is 8.99. The molecule has 0 unspecified atom stereocenters. The number of hydrogen-bond acceptors (Lipinski definition) is 7. The molecule has 4 aromatic rings. The van der Waals surface area contributed by atoms with Gasteiger partial charge in [0.25, 0.3) is 0 Å². The molecule has 0 radical (unpaired) electrons. The van der Waals surface area contributed by atoms with Crippen LogP contribution in [0.25, 0.3) is 28.2 Å². The van der Waals surface area contributed by atoms with Gasteiger partial charge in [0, 0.05) is 30.5 Å². The van der Waals surface area contributed by atoms with Gasteiger partial charge in [-0.05, 0) is 30.2 Å². The minimum absolute atomic E-state index is 0.0807. The summed E-state index contributed by atoms with van der Waals surface area (Å²) in [5.41, 5.74) is 2.47. The Hall–Kier alpha value is -3.30. The summed E-state index contributed by atoms with van der Waals surface area (Å²) in [6, 6.07) is 7.56. The molecule has 0 amide bonds. The minimum atomic E-state index is 0.0807. The van der Waals surface area contributed by atoms with Gasteiger partial charge in [-0.1, -0.05) is 0 Å². The van der Waals surface area contributed by atoms with Gasteiger partial charge < -0.3 is 14.6 Å². The van der Waals surface area contributed by atoms with Crippen LogP contribution in [0.2, 0.25) is 0 Å². The van der Waals surface area contributed by atoms with Gasteiger partial charge in [-0.25, -0.2) is 14.6 Å². The lowest BCUT2D eigenvalue weighted by molar-refractivity contribution is -0.0796. The van der Waals surface area contributed by atoms with Gasteiger partial charge in [0.2, 0.25) is 0 Å². The van der Waals surface area contributed by atoms with Gasteiger partial charge in [0.15, 0.2) is 11.6 Å². The van der Waals surface area contributed by atoms with Crippen molar-refractivity contribution >= 4 is 10.9 Å². The number of aromatic amines is 1. The first-order valence-corrected chi connectivity index (χ1v) is 9.01. The van der Waals surface area contributed by atoms with Crippen LogP contribution < -0.4 is 4.74 Å². The summed E-state index contributed by atoms with van der Waals surface area (Å²) >= 11 is 0. The van der Waals surface area contributed by atoms with Crippen molar-refractivity contribution in [2.45, 2.75) is 12.5 Å². The molecule has 9 heteroatoms. The highest BCUT2D eigenvalue weighted by molar-refractivity contribution is 5.92. The van der Waals surface area contributed by atoms with Gasteiger partial charge in [0.1, 0.15) is 17.5 Å². The highest BCUT2D eigenvalue weighted by Crippen LogP contribution is 2.28. The summed E-state index contributed by atoms with van der Waals surface area (Å²) < 4.78 is 12.7. The van der Waals surface area contributed by atoms with Crippen LogP contribution in [-0.2, 0) is 11.2 Å². The zero-order chi connectivity index (χ0) is 18.9. The second kappa shape index (κ2) is 7.02. The average Bonchev–Trinajstić information content (AvgIpc) is 3.32. The highest BCUT2D eigenvalue weighted by atomic mass is 16.6. The quantitative estimate of drug-likeness (QED) is 0.523. The summed E-state index contributed by atoms with van der Waals surface area (Å²) in [7, 11) is 0. The van der Waals surface area contributed by atoms with Crippen LogP contribution in [0.5, 0.6) is 5.75 Å². The Kier molecular flexibility index (Phi) is 4.22. The Balaban J connectivity index is 1.49. The van der Waals surface area contributed by atoms with Crippen LogP contribution in [0, 0.1) is 0 Å². The molecule has 0 bridgehead atoms. The van der Waals surface area contributed by atoms with Crippen LogP contribution in [0.1, 0.15) is 5.56 Å².